The van der Waals surface area contributed by atoms with Crippen molar-refractivity contribution in [3.8, 4) is 11.8 Å². The molecule has 1 unspecified atom stereocenters. The Morgan fingerprint density at radius 2 is 2.04 bits per heavy atom. The molecule has 6 nitrogen and oxygen atoms in total. The molecule has 0 spiro atoms. The number of nitrogens with one attached hydrogen (secondary N) is 1. The Hall–Kier alpha value is -3.07. The standard InChI is InChI=1S/C19H20N4O2/c1-14(25-17-7-3-2-6-15(17)12-20)19(24)22-16-8-9-18(21-13-16)23-10-4-5-11-23/h2-3,6-9,13-14H,4-5,10-11H2,1H3,(H,22,24). The molecule has 0 saturated carbocycles. The molecule has 1 atom stereocenters. The minimum atomic E-state index is -0.729. The van der Waals surface area contributed by atoms with Gasteiger partial charge in [0.25, 0.3) is 5.91 Å². The number of hydrogen-bond acceptors (Lipinski definition) is 5. The molecular formula is C19H20N4O2. The van der Waals surface area contributed by atoms with Gasteiger partial charge in [-0.15, -0.1) is 0 Å². The molecule has 1 aliphatic rings. The van der Waals surface area contributed by atoms with Crippen LogP contribution in [0.15, 0.2) is 42.6 Å². The van der Waals surface area contributed by atoms with Crippen LogP contribution in [0.3, 0.4) is 0 Å². The summed E-state index contributed by atoms with van der Waals surface area (Å²) < 4.78 is 5.61. The highest BCUT2D eigenvalue weighted by atomic mass is 16.5. The number of pyridine rings is 1. The second kappa shape index (κ2) is 7.67. The minimum absolute atomic E-state index is 0.288. The number of benzene rings is 1. The van der Waals surface area contributed by atoms with Crippen molar-refractivity contribution in [1.29, 1.82) is 5.26 Å². The van der Waals surface area contributed by atoms with Crippen LogP contribution in [0.5, 0.6) is 5.75 Å². The molecule has 2 heterocycles. The average Bonchev–Trinajstić information content (AvgIpc) is 3.17. The summed E-state index contributed by atoms with van der Waals surface area (Å²) in [7, 11) is 0. The second-order valence-corrected chi connectivity index (χ2v) is 5.96. The highest BCUT2D eigenvalue weighted by molar-refractivity contribution is 5.94. The lowest BCUT2D eigenvalue weighted by molar-refractivity contribution is -0.122. The first-order valence-electron chi connectivity index (χ1n) is 8.35. The molecule has 3 rings (SSSR count). The Labute approximate surface area is 147 Å². The van der Waals surface area contributed by atoms with Crippen molar-refractivity contribution in [2.75, 3.05) is 23.3 Å². The van der Waals surface area contributed by atoms with Crippen LogP contribution in [-0.4, -0.2) is 30.1 Å². The van der Waals surface area contributed by atoms with Gasteiger partial charge in [-0.05, 0) is 44.0 Å². The highest BCUT2D eigenvalue weighted by Gasteiger charge is 2.17. The van der Waals surface area contributed by atoms with Gasteiger partial charge in [0.1, 0.15) is 17.6 Å². The predicted octanol–water partition coefficient (Wildman–Crippen LogP) is 2.96. The van der Waals surface area contributed by atoms with Crippen molar-refractivity contribution in [1.82, 2.24) is 4.98 Å². The van der Waals surface area contributed by atoms with Crippen LogP contribution in [0, 0.1) is 11.3 Å². The van der Waals surface area contributed by atoms with E-state index in [-0.39, 0.29) is 5.91 Å². The van der Waals surface area contributed by atoms with Gasteiger partial charge in [-0.2, -0.15) is 5.26 Å². The largest absolute Gasteiger partial charge is 0.480 e. The topological polar surface area (TPSA) is 78.2 Å². The summed E-state index contributed by atoms with van der Waals surface area (Å²) in [4.78, 5) is 18.9. The Balaban J connectivity index is 1.60. The molecule has 1 amide bonds. The molecule has 1 aromatic heterocycles. The third-order valence-corrected chi connectivity index (χ3v) is 4.13. The van der Waals surface area contributed by atoms with Gasteiger partial charge in [0.2, 0.25) is 0 Å². The quantitative estimate of drug-likeness (QED) is 0.908. The van der Waals surface area contributed by atoms with Crippen molar-refractivity contribution < 1.29 is 9.53 Å². The predicted molar refractivity (Wildman–Crippen MR) is 95.6 cm³/mol. The third-order valence-electron chi connectivity index (χ3n) is 4.13. The summed E-state index contributed by atoms with van der Waals surface area (Å²) in [6, 6.07) is 12.7. The lowest BCUT2D eigenvalue weighted by Crippen LogP contribution is -2.30. The van der Waals surface area contributed by atoms with Crippen molar-refractivity contribution in [2.24, 2.45) is 0 Å². The molecule has 2 aromatic rings. The van der Waals surface area contributed by atoms with Crippen molar-refractivity contribution in [2.45, 2.75) is 25.9 Å². The Kier molecular flexibility index (Phi) is 5.14. The number of para-hydroxylation sites is 1. The van der Waals surface area contributed by atoms with E-state index in [1.165, 1.54) is 12.8 Å². The molecule has 1 aliphatic heterocycles. The van der Waals surface area contributed by atoms with Crippen LogP contribution >= 0.6 is 0 Å². The fraction of sp³-hybridized carbons (Fsp3) is 0.316. The van der Waals surface area contributed by atoms with Gasteiger partial charge in [-0.1, -0.05) is 12.1 Å². The van der Waals surface area contributed by atoms with Crippen LogP contribution in [0.25, 0.3) is 0 Å². The summed E-state index contributed by atoms with van der Waals surface area (Å²) in [5, 5.41) is 11.9. The SMILES string of the molecule is CC(Oc1ccccc1C#N)C(=O)Nc1ccc(N2CCCC2)nc1. The number of carbonyl (C=O) groups is 1. The first-order chi connectivity index (χ1) is 12.2. The summed E-state index contributed by atoms with van der Waals surface area (Å²) in [5.74, 6) is 1.04. The van der Waals surface area contributed by atoms with Crippen LogP contribution in [-0.2, 0) is 4.79 Å². The van der Waals surface area contributed by atoms with Crippen LogP contribution < -0.4 is 15.0 Å². The number of ether oxygens (including phenoxy) is 1. The van der Waals surface area contributed by atoms with Crippen molar-refractivity contribution in [3.63, 3.8) is 0 Å². The number of nitrogens with zero attached hydrogens (tertiary/aromatic N) is 3. The van der Waals surface area contributed by atoms with Gasteiger partial charge in [-0.3, -0.25) is 4.79 Å². The van der Waals surface area contributed by atoms with Gasteiger partial charge in [-0.25, -0.2) is 4.98 Å². The molecule has 128 valence electrons. The van der Waals surface area contributed by atoms with Gasteiger partial charge in [0, 0.05) is 13.1 Å². The molecule has 1 N–H and O–H groups in total. The fourth-order valence-electron chi connectivity index (χ4n) is 2.74. The molecular weight excluding hydrogens is 316 g/mol. The van der Waals surface area contributed by atoms with Gasteiger partial charge < -0.3 is 15.0 Å². The number of amides is 1. The van der Waals surface area contributed by atoms with Crippen LogP contribution in [0.4, 0.5) is 11.5 Å². The Morgan fingerprint density at radius 1 is 1.28 bits per heavy atom. The average molecular weight is 336 g/mol. The number of rotatable bonds is 5. The maximum atomic E-state index is 12.3. The van der Waals surface area contributed by atoms with Crippen molar-refractivity contribution >= 4 is 17.4 Å². The molecule has 25 heavy (non-hydrogen) atoms. The molecule has 1 saturated heterocycles. The molecule has 0 radical (unpaired) electrons. The van der Waals surface area contributed by atoms with E-state index in [9.17, 15) is 4.79 Å². The molecule has 0 bridgehead atoms. The van der Waals surface area contributed by atoms with E-state index in [4.69, 9.17) is 10.00 Å². The summed E-state index contributed by atoms with van der Waals surface area (Å²) in [6.45, 7) is 3.71. The van der Waals surface area contributed by atoms with E-state index in [1.54, 1.807) is 37.4 Å². The first kappa shape index (κ1) is 16.8. The molecule has 1 aromatic carbocycles. The Bertz CT molecular complexity index is 777. The second-order valence-electron chi connectivity index (χ2n) is 5.96. The number of anilines is 2. The van der Waals surface area contributed by atoms with E-state index in [1.807, 2.05) is 12.1 Å². The zero-order chi connectivity index (χ0) is 17.6. The van der Waals surface area contributed by atoms with Crippen LogP contribution in [0.1, 0.15) is 25.3 Å². The molecule has 1 fully saturated rings. The van der Waals surface area contributed by atoms with Gasteiger partial charge >= 0.3 is 0 Å². The number of carbonyl (C=O) groups excluding carboxylic acids is 1. The maximum Gasteiger partial charge on any atom is 0.265 e. The third kappa shape index (κ3) is 4.07. The number of nitriles is 1. The normalized spacial score (nSPS) is 14.6. The zero-order valence-electron chi connectivity index (χ0n) is 14.1. The molecule has 6 heteroatoms. The van der Waals surface area contributed by atoms with E-state index in [0.29, 0.717) is 17.0 Å². The monoisotopic (exact) mass is 336 g/mol. The summed E-state index contributed by atoms with van der Waals surface area (Å²) >= 11 is 0. The van der Waals surface area contributed by atoms with E-state index in [0.717, 1.165) is 18.9 Å². The van der Waals surface area contributed by atoms with Gasteiger partial charge in [0.15, 0.2) is 6.10 Å². The number of aromatic nitrogens is 1. The Morgan fingerprint density at radius 3 is 2.72 bits per heavy atom. The summed E-state index contributed by atoms with van der Waals surface area (Å²) in [6.07, 6.45) is 3.31. The lowest BCUT2D eigenvalue weighted by atomic mass is 10.2. The van der Waals surface area contributed by atoms with E-state index in [2.05, 4.69) is 21.3 Å². The number of hydrogen-bond donors (Lipinski definition) is 1. The van der Waals surface area contributed by atoms with Crippen LogP contribution in [0.2, 0.25) is 0 Å². The van der Waals surface area contributed by atoms with Crippen molar-refractivity contribution in [3.05, 3.63) is 48.2 Å². The van der Waals surface area contributed by atoms with E-state index < -0.39 is 6.10 Å². The zero-order valence-corrected chi connectivity index (χ0v) is 14.1. The summed E-state index contributed by atoms with van der Waals surface area (Å²) in [5.41, 5.74) is 1.02. The van der Waals surface area contributed by atoms with E-state index >= 15 is 0 Å². The highest BCUT2D eigenvalue weighted by Crippen LogP contribution is 2.20. The lowest BCUT2D eigenvalue weighted by Gasteiger charge is -2.17. The van der Waals surface area contributed by atoms with Gasteiger partial charge in [0.05, 0.1) is 17.4 Å². The smallest absolute Gasteiger partial charge is 0.265 e. The minimum Gasteiger partial charge on any atom is -0.480 e. The maximum absolute atomic E-state index is 12.3. The first-order valence-corrected chi connectivity index (χ1v) is 8.35. The molecule has 0 aliphatic carbocycles. The fourth-order valence-corrected chi connectivity index (χ4v) is 2.74.